The van der Waals surface area contributed by atoms with Crippen molar-refractivity contribution in [3.63, 3.8) is 0 Å². The first-order valence-corrected chi connectivity index (χ1v) is 4.00. The number of esters is 1. The van der Waals surface area contributed by atoms with Gasteiger partial charge in [-0.15, -0.1) is 0 Å². The average Bonchev–Trinajstić information content (AvgIpc) is 2.17. The summed E-state index contributed by atoms with van der Waals surface area (Å²) in [5.74, 6) is -0.425. The third-order valence-corrected chi connectivity index (χ3v) is 1.30. The molecule has 1 aromatic rings. The minimum atomic E-state index is -0.425. The van der Waals surface area contributed by atoms with E-state index < -0.39 is 5.97 Å². The zero-order chi connectivity index (χ0) is 9.52. The van der Waals surface area contributed by atoms with Crippen LogP contribution < -0.4 is 0 Å². The Morgan fingerprint density at radius 1 is 1.77 bits per heavy atom. The minimum Gasteiger partial charge on any atom is -0.462 e. The third-order valence-electron chi connectivity index (χ3n) is 1.30. The van der Waals surface area contributed by atoms with Gasteiger partial charge in [0.1, 0.15) is 6.21 Å². The Labute approximate surface area is 77.1 Å². The first kappa shape index (κ1) is 9.45. The molecule has 0 fully saturated rings. The zero-order valence-electron chi connectivity index (χ0n) is 7.36. The maximum Gasteiger partial charge on any atom is 0.349 e. The van der Waals surface area contributed by atoms with Crippen LogP contribution in [-0.2, 0) is 9.53 Å². The fourth-order valence-corrected chi connectivity index (χ4v) is 0.771. The van der Waals surface area contributed by atoms with Crippen molar-refractivity contribution in [1.82, 2.24) is 0 Å². The molecule has 0 aliphatic carbocycles. The van der Waals surface area contributed by atoms with E-state index in [-0.39, 0.29) is 0 Å². The molecular weight excluding hydrogens is 166 g/mol. The lowest BCUT2D eigenvalue weighted by Crippen LogP contribution is -2.04. The van der Waals surface area contributed by atoms with Gasteiger partial charge in [0.2, 0.25) is 0 Å². The highest BCUT2D eigenvalue weighted by Crippen LogP contribution is 2.07. The highest BCUT2D eigenvalue weighted by molar-refractivity contribution is 6.23. The summed E-state index contributed by atoms with van der Waals surface area (Å²) in [5.41, 5.74) is 0.690. The van der Waals surface area contributed by atoms with E-state index in [9.17, 15) is 4.79 Å². The Morgan fingerprint density at radius 3 is 3.23 bits per heavy atom. The lowest BCUT2D eigenvalue weighted by Gasteiger charge is -1.94. The van der Waals surface area contributed by atoms with Gasteiger partial charge in [0.25, 0.3) is 0 Å². The van der Waals surface area contributed by atoms with Gasteiger partial charge in [0.05, 0.1) is 12.3 Å². The minimum absolute atomic E-state index is 0.367. The molecule has 1 aromatic carbocycles. The zero-order valence-corrected chi connectivity index (χ0v) is 7.36. The molecule has 0 atom stereocenters. The maximum atomic E-state index is 10.8. The molecule has 0 unspecified atom stereocenters. The van der Waals surface area contributed by atoms with E-state index in [1.165, 1.54) is 0 Å². The van der Waals surface area contributed by atoms with Crippen LogP contribution in [0.1, 0.15) is 6.92 Å². The molecule has 13 heavy (non-hydrogen) atoms. The van der Waals surface area contributed by atoms with Gasteiger partial charge in [0, 0.05) is 0 Å². The third kappa shape index (κ3) is 3.51. The van der Waals surface area contributed by atoms with E-state index in [4.69, 9.17) is 0 Å². The molecule has 0 saturated heterocycles. The first-order valence-electron chi connectivity index (χ1n) is 4.00. The molecule has 67 valence electrons. The largest absolute Gasteiger partial charge is 0.462 e. The lowest BCUT2D eigenvalue weighted by molar-refractivity contribution is -0.134. The van der Waals surface area contributed by atoms with Gasteiger partial charge in [-0.25, -0.2) is 9.79 Å². The summed E-state index contributed by atoms with van der Waals surface area (Å²) in [6, 6.07) is 9.90. The molecule has 0 N–H and O–H groups in total. The number of nitrogens with zero attached hydrogens (tertiary/aromatic N) is 1. The summed E-state index contributed by atoms with van der Waals surface area (Å²) in [7, 11) is 0. The number of carbonyl (C=O) groups excluding carboxylic acids is 1. The standard InChI is InChI=1S/C10H10NO2/c1-2-13-10(12)8-11-9-6-4-3-5-7-9/h3-4,6-8H,2H2,1H3. The van der Waals surface area contributed by atoms with Crippen LogP contribution in [0.2, 0.25) is 0 Å². The second kappa shape index (κ2) is 5.09. The molecule has 3 heteroatoms. The fourth-order valence-electron chi connectivity index (χ4n) is 0.771. The monoisotopic (exact) mass is 176 g/mol. The predicted molar refractivity (Wildman–Crippen MR) is 50.1 cm³/mol. The van der Waals surface area contributed by atoms with Crippen LogP contribution in [0.3, 0.4) is 0 Å². The van der Waals surface area contributed by atoms with Crippen LogP contribution in [0.15, 0.2) is 29.3 Å². The van der Waals surface area contributed by atoms with Crippen molar-refractivity contribution in [3.8, 4) is 0 Å². The van der Waals surface area contributed by atoms with Crippen molar-refractivity contribution in [2.45, 2.75) is 6.92 Å². The Morgan fingerprint density at radius 2 is 2.62 bits per heavy atom. The number of benzene rings is 1. The number of aliphatic imine (C=N–C) groups is 1. The molecule has 1 rings (SSSR count). The number of hydrogen-bond acceptors (Lipinski definition) is 3. The number of hydrogen-bond donors (Lipinski definition) is 0. The summed E-state index contributed by atoms with van der Waals surface area (Å²) >= 11 is 0. The fraction of sp³-hybridized carbons (Fsp3) is 0.200. The van der Waals surface area contributed by atoms with Crippen LogP contribution in [0.4, 0.5) is 5.69 Å². The van der Waals surface area contributed by atoms with Crippen molar-refractivity contribution in [1.29, 1.82) is 0 Å². The molecule has 0 aromatic heterocycles. The summed E-state index contributed by atoms with van der Waals surface area (Å²) in [4.78, 5) is 14.7. The number of carbonyl (C=O) groups is 1. The molecule has 0 amide bonds. The Bertz CT molecular complexity index is 293. The molecule has 1 radical (unpaired) electrons. The molecule has 0 saturated carbocycles. The molecule has 0 bridgehead atoms. The van der Waals surface area contributed by atoms with Gasteiger partial charge in [-0.1, -0.05) is 12.1 Å². The highest BCUT2D eigenvalue weighted by Gasteiger charge is 1.93. The first-order chi connectivity index (χ1) is 6.33. The number of ether oxygens (including phenoxy) is 1. The summed E-state index contributed by atoms with van der Waals surface area (Å²) in [5, 5.41) is 0. The summed E-state index contributed by atoms with van der Waals surface area (Å²) in [6.45, 7) is 2.12. The Hall–Kier alpha value is -1.64. The second-order valence-corrected chi connectivity index (χ2v) is 2.27. The van der Waals surface area contributed by atoms with E-state index in [2.05, 4.69) is 15.8 Å². The van der Waals surface area contributed by atoms with Gasteiger partial charge in [-0.2, -0.15) is 0 Å². The van der Waals surface area contributed by atoms with Gasteiger partial charge in [-0.05, 0) is 25.1 Å². The van der Waals surface area contributed by atoms with E-state index >= 15 is 0 Å². The van der Waals surface area contributed by atoms with E-state index in [1.54, 1.807) is 31.2 Å². The van der Waals surface area contributed by atoms with Gasteiger partial charge < -0.3 is 4.74 Å². The van der Waals surface area contributed by atoms with Gasteiger partial charge >= 0.3 is 5.97 Å². The second-order valence-electron chi connectivity index (χ2n) is 2.27. The smallest absolute Gasteiger partial charge is 0.349 e. The van der Waals surface area contributed by atoms with Crippen molar-refractivity contribution < 1.29 is 9.53 Å². The van der Waals surface area contributed by atoms with Crippen LogP contribution in [0, 0.1) is 6.07 Å². The van der Waals surface area contributed by atoms with E-state index in [0.717, 1.165) is 6.21 Å². The van der Waals surface area contributed by atoms with Crippen molar-refractivity contribution in [3.05, 3.63) is 30.3 Å². The van der Waals surface area contributed by atoms with Crippen LogP contribution >= 0.6 is 0 Å². The van der Waals surface area contributed by atoms with Crippen molar-refractivity contribution >= 4 is 17.9 Å². The quantitative estimate of drug-likeness (QED) is 0.520. The topological polar surface area (TPSA) is 38.7 Å². The average molecular weight is 176 g/mol. The van der Waals surface area contributed by atoms with E-state index in [0.29, 0.717) is 12.3 Å². The molecule has 3 nitrogen and oxygen atoms in total. The van der Waals surface area contributed by atoms with Crippen LogP contribution in [0.25, 0.3) is 0 Å². The summed E-state index contributed by atoms with van der Waals surface area (Å²) in [6.07, 6.45) is 1.16. The highest BCUT2D eigenvalue weighted by atomic mass is 16.5. The molecule has 0 heterocycles. The van der Waals surface area contributed by atoms with Gasteiger partial charge in [0.15, 0.2) is 0 Å². The molecule has 0 aliphatic rings. The predicted octanol–water partition coefficient (Wildman–Crippen LogP) is 1.75. The van der Waals surface area contributed by atoms with Crippen LogP contribution in [-0.4, -0.2) is 18.8 Å². The van der Waals surface area contributed by atoms with Crippen molar-refractivity contribution in [2.24, 2.45) is 4.99 Å². The molecular formula is C10H10NO2. The van der Waals surface area contributed by atoms with Gasteiger partial charge in [-0.3, -0.25) is 0 Å². The maximum absolute atomic E-state index is 10.8. The Kier molecular flexibility index (Phi) is 3.70. The van der Waals surface area contributed by atoms with E-state index in [1.807, 2.05) is 0 Å². The Balaban J connectivity index is 2.54. The number of rotatable bonds is 3. The lowest BCUT2D eigenvalue weighted by atomic mass is 10.3. The van der Waals surface area contributed by atoms with Crippen LogP contribution in [0.5, 0.6) is 0 Å². The normalized spacial score (nSPS) is 10.2. The SMILES string of the molecule is CCOC(=O)C=Nc1c[c]ccc1. The summed E-state index contributed by atoms with van der Waals surface area (Å²) < 4.78 is 4.67. The molecule has 0 aliphatic heterocycles. The molecule has 0 spiro atoms. The van der Waals surface area contributed by atoms with Crippen molar-refractivity contribution in [2.75, 3.05) is 6.61 Å².